The molecule has 80 valence electrons. The smallest absolute Gasteiger partial charge is 0.339 e. The van der Waals surface area contributed by atoms with E-state index in [1.165, 1.54) is 17.6 Å². The van der Waals surface area contributed by atoms with Gasteiger partial charge in [0.1, 0.15) is 11.3 Å². The summed E-state index contributed by atoms with van der Waals surface area (Å²) in [6.45, 7) is -0.444. The Balaban J connectivity index is 2.76. The van der Waals surface area contributed by atoms with E-state index < -0.39 is 18.5 Å². The van der Waals surface area contributed by atoms with Crippen molar-refractivity contribution in [2.45, 2.75) is 0 Å². The quantitative estimate of drug-likeness (QED) is 0.490. The number of rotatable bonds is 4. The van der Waals surface area contributed by atoms with Crippen molar-refractivity contribution in [1.29, 1.82) is 0 Å². The first-order chi connectivity index (χ1) is 7.15. The van der Waals surface area contributed by atoms with Crippen LogP contribution in [0.5, 0.6) is 5.75 Å². The Bertz CT molecular complexity index is 377. The first kappa shape index (κ1) is 11.0. The zero-order chi connectivity index (χ0) is 11.3. The molecule has 0 aliphatic rings. The van der Waals surface area contributed by atoms with E-state index in [0.29, 0.717) is 0 Å². The largest absolute Gasteiger partial charge is 0.483 e. The molecule has 3 N–H and O–H groups in total. The molecule has 1 aromatic rings. The van der Waals surface area contributed by atoms with Crippen LogP contribution in [0.4, 0.5) is 0 Å². The van der Waals surface area contributed by atoms with Gasteiger partial charge in [-0.3, -0.25) is 10.0 Å². The number of ether oxygens (including phenoxy) is 1. The van der Waals surface area contributed by atoms with Gasteiger partial charge in [-0.1, -0.05) is 12.1 Å². The van der Waals surface area contributed by atoms with Crippen molar-refractivity contribution < 1.29 is 24.6 Å². The van der Waals surface area contributed by atoms with E-state index in [4.69, 9.17) is 15.1 Å². The number of hydrogen-bond donors (Lipinski definition) is 3. The summed E-state index contributed by atoms with van der Waals surface area (Å²) >= 11 is 0. The highest BCUT2D eigenvalue weighted by Gasteiger charge is 2.11. The van der Waals surface area contributed by atoms with Crippen LogP contribution >= 0.6 is 0 Å². The van der Waals surface area contributed by atoms with Crippen LogP contribution in [0.3, 0.4) is 0 Å². The predicted molar refractivity (Wildman–Crippen MR) is 48.8 cm³/mol. The molecule has 0 atom stereocenters. The van der Waals surface area contributed by atoms with E-state index in [1.54, 1.807) is 12.1 Å². The van der Waals surface area contributed by atoms with E-state index in [0.717, 1.165) is 0 Å². The van der Waals surface area contributed by atoms with Crippen LogP contribution in [0.2, 0.25) is 0 Å². The number of hydrogen-bond acceptors (Lipinski definition) is 4. The molecule has 0 radical (unpaired) electrons. The molecule has 0 heterocycles. The van der Waals surface area contributed by atoms with Gasteiger partial charge in [-0.05, 0) is 12.1 Å². The SMILES string of the molecule is O=C(COc1ccccc1C(=O)O)NO. The minimum Gasteiger partial charge on any atom is -0.483 e. The maximum absolute atomic E-state index is 10.7. The third-order valence-electron chi connectivity index (χ3n) is 1.60. The summed E-state index contributed by atoms with van der Waals surface area (Å²) in [5.41, 5.74) is 1.33. The first-order valence-corrected chi connectivity index (χ1v) is 4.03. The zero-order valence-electron chi connectivity index (χ0n) is 7.64. The maximum Gasteiger partial charge on any atom is 0.339 e. The van der Waals surface area contributed by atoms with Crippen LogP contribution in [0.1, 0.15) is 10.4 Å². The number of carbonyl (C=O) groups is 2. The van der Waals surface area contributed by atoms with Gasteiger partial charge in [0.15, 0.2) is 6.61 Å². The Kier molecular flexibility index (Phi) is 3.64. The molecular weight excluding hydrogens is 202 g/mol. The topological polar surface area (TPSA) is 95.9 Å². The molecule has 0 spiro atoms. The van der Waals surface area contributed by atoms with Crippen LogP contribution in [-0.4, -0.2) is 28.8 Å². The number of para-hydroxylation sites is 1. The van der Waals surface area contributed by atoms with Crippen molar-refractivity contribution in [1.82, 2.24) is 5.48 Å². The van der Waals surface area contributed by atoms with Gasteiger partial charge in [-0.2, -0.15) is 0 Å². The molecule has 0 bridgehead atoms. The molecule has 0 saturated heterocycles. The van der Waals surface area contributed by atoms with Gasteiger partial charge >= 0.3 is 5.97 Å². The average Bonchev–Trinajstić information content (AvgIpc) is 2.26. The van der Waals surface area contributed by atoms with Gasteiger partial charge in [0.05, 0.1) is 0 Å². The molecule has 0 aliphatic carbocycles. The molecule has 0 aromatic heterocycles. The van der Waals surface area contributed by atoms with Crippen molar-refractivity contribution in [2.75, 3.05) is 6.61 Å². The lowest BCUT2D eigenvalue weighted by Crippen LogP contribution is -2.25. The van der Waals surface area contributed by atoms with E-state index in [-0.39, 0.29) is 11.3 Å². The highest BCUT2D eigenvalue weighted by molar-refractivity contribution is 5.91. The lowest BCUT2D eigenvalue weighted by molar-refractivity contribution is -0.131. The minimum absolute atomic E-state index is 0.0387. The zero-order valence-corrected chi connectivity index (χ0v) is 7.64. The van der Waals surface area contributed by atoms with Gasteiger partial charge in [-0.15, -0.1) is 0 Å². The number of carbonyl (C=O) groups excluding carboxylic acids is 1. The molecule has 0 aliphatic heterocycles. The summed E-state index contributed by atoms with van der Waals surface area (Å²) < 4.78 is 4.90. The average molecular weight is 211 g/mol. The van der Waals surface area contributed by atoms with Crippen LogP contribution < -0.4 is 10.2 Å². The molecule has 15 heavy (non-hydrogen) atoms. The Morgan fingerprint density at radius 2 is 2.00 bits per heavy atom. The lowest BCUT2D eigenvalue weighted by atomic mass is 10.2. The van der Waals surface area contributed by atoms with Crippen LogP contribution in [0.15, 0.2) is 24.3 Å². The van der Waals surface area contributed by atoms with Crippen molar-refractivity contribution in [2.24, 2.45) is 0 Å². The summed E-state index contributed by atoms with van der Waals surface area (Å²) in [5, 5.41) is 17.0. The molecule has 1 rings (SSSR count). The molecule has 6 nitrogen and oxygen atoms in total. The Hall–Kier alpha value is -2.08. The summed E-state index contributed by atoms with van der Waals surface area (Å²) in [5.74, 6) is -1.82. The summed E-state index contributed by atoms with van der Waals surface area (Å²) in [6.07, 6.45) is 0. The van der Waals surface area contributed by atoms with Crippen LogP contribution in [0, 0.1) is 0 Å². The van der Waals surface area contributed by atoms with Crippen LogP contribution in [0.25, 0.3) is 0 Å². The van der Waals surface area contributed by atoms with Gasteiger partial charge in [-0.25, -0.2) is 10.3 Å². The fourth-order valence-electron chi connectivity index (χ4n) is 0.945. The Morgan fingerprint density at radius 3 is 2.60 bits per heavy atom. The van der Waals surface area contributed by atoms with Crippen molar-refractivity contribution in [3.05, 3.63) is 29.8 Å². The second kappa shape index (κ2) is 4.97. The fourth-order valence-corrected chi connectivity index (χ4v) is 0.945. The summed E-state index contributed by atoms with van der Waals surface area (Å²) in [7, 11) is 0. The normalized spacial score (nSPS) is 9.40. The van der Waals surface area contributed by atoms with E-state index in [2.05, 4.69) is 0 Å². The number of nitrogens with one attached hydrogen (secondary N) is 1. The minimum atomic E-state index is -1.14. The van der Waals surface area contributed by atoms with Gasteiger partial charge in [0, 0.05) is 0 Å². The molecular formula is C9H9NO5. The molecule has 6 heteroatoms. The second-order valence-electron chi connectivity index (χ2n) is 2.62. The summed E-state index contributed by atoms with van der Waals surface area (Å²) in [6, 6.07) is 5.91. The van der Waals surface area contributed by atoms with Gasteiger partial charge in [0.25, 0.3) is 5.91 Å². The monoisotopic (exact) mass is 211 g/mol. The fraction of sp³-hybridized carbons (Fsp3) is 0.111. The number of carboxylic acid groups (broad SMARTS) is 1. The van der Waals surface area contributed by atoms with E-state index in [9.17, 15) is 9.59 Å². The molecule has 0 fully saturated rings. The van der Waals surface area contributed by atoms with Crippen molar-refractivity contribution in [3.8, 4) is 5.75 Å². The third-order valence-corrected chi connectivity index (χ3v) is 1.60. The van der Waals surface area contributed by atoms with Crippen molar-refractivity contribution >= 4 is 11.9 Å². The molecule has 0 saturated carbocycles. The molecule has 0 unspecified atom stereocenters. The third kappa shape index (κ3) is 2.96. The highest BCUT2D eigenvalue weighted by Crippen LogP contribution is 2.17. The Labute approximate surface area is 85.1 Å². The number of benzene rings is 1. The number of aromatic carboxylic acids is 1. The first-order valence-electron chi connectivity index (χ1n) is 4.03. The highest BCUT2D eigenvalue weighted by atomic mass is 16.5. The number of carboxylic acids is 1. The van der Waals surface area contributed by atoms with Gasteiger partial charge < -0.3 is 9.84 Å². The number of amides is 1. The van der Waals surface area contributed by atoms with E-state index >= 15 is 0 Å². The molecule has 1 aromatic carbocycles. The maximum atomic E-state index is 10.7. The second-order valence-corrected chi connectivity index (χ2v) is 2.62. The predicted octanol–water partition coefficient (Wildman–Crippen LogP) is 0.269. The summed E-state index contributed by atoms with van der Waals surface area (Å²) in [4.78, 5) is 21.3. The van der Waals surface area contributed by atoms with E-state index in [1.807, 2.05) is 0 Å². The lowest BCUT2D eigenvalue weighted by Gasteiger charge is -2.07. The number of hydroxylamine groups is 1. The van der Waals surface area contributed by atoms with Crippen molar-refractivity contribution in [3.63, 3.8) is 0 Å². The Morgan fingerprint density at radius 1 is 1.33 bits per heavy atom. The standard InChI is InChI=1S/C9H9NO5/c11-8(10-14)5-15-7-4-2-1-3-6(7)9(12)13/h1-4,14H,5H2,(H,10,11)(H,12,13). The van der Waals surface area contributed by atoms with Gasteiger partial charge in [0.2, 0.25) is 0 Å². The van der Waals surface area contributed by atoms with Crippen LogP contribution in [-0.2, 0) is 4.79 Å². The molecule has 1 amide bonds.